The summed E-state index contributed by atoms with van der Waals surface area (Å²) >= 11 is 0. The van der Waals surface area contributed by atoms with Gasteiger partial charge in [0, 0.05) is 226 Å². The van der Waals surface area contributed by atoms with E-state index < -0.39 is 27.1 Å². The lowest BCUT2D eigenvalue weighted by Crippen LogP contribution is -2.32. The molecule has 0 amide bonds. The molecule has 0 heterocycles. The minimum atomic E-state index is -0.708. The maximum absolute atomic E-state index is 9.05. The van der Waals surface area contributed by atoms with Gasteiger partial charge in [0.2, 0.25) is 0 Å². The average molecular weight is 2180 g/mol. The van der Waals surface area contributed by atoms with Crippen LogP contribution in [0.3, 0.4) is 0 Å². The van der Waals surface area contributed by atoms with Gasteiger partial charge in [-0.25, -0.2) is 0 Å². The maximum Gasteiger partial charge on any atom is 0.0531 e. The standard InChI is InChI=1S/2C9H20O3.3C8H18O3.4C7H16O3.3C6H14O3.2C5H12O3.C4H10O3/c1-2-9(3-6-10,4-7-11)5-8-12;1-2-9(7-11,8-12)5-3-4-6-10;1-8(2-5-9,3-6-10)4-7-11;1-8(6-10,7-11)4-2-3-5-9;1-2-8(6-10,7-11)4-3-5-9;8-4-1-7(2-5-9)3-6-10;1-7(5-9,6-10)3-2-4-8;1-2-7(5-9,6-10)3-4-8;8-4-2-1-3-7(5-9)6-10;1-6(4-8,5-9)2-3-7;1-2-6(3-7,4-8)5-9;7-3-1-2-6(4-8)5-9;1-5(2-6,3-7)4-8;6-2-1-5(3-7)4-8;5-1-4(2-6)3-7/h2*10-12H,2-8H2,1H3;3*9-11H,2-7H2,1H3;7-10H,1-6H2;2*8-10H,2-6H2,1H3;7-10H,1-6H2;2*7-9H,2-5H2,1H3;6-9H,1-5H2;6-8H,2-4H2,1H3;5-8H,1-4H2;4-7H,1-3H2. The van der Waals surface area contributed by atoms with Gasteiger partial charge in [-0.3, -0.25) is 0 Å². The largest absolute Gasteiger partial charge is 0.396 e. The zero-order valence-electron chi connectivity index (χ0n) is 92.5. The number of rotatable bonds is 77. The summed E-state index contributed by atoms with van der Waals surface area (Å²) in [5.41, 5.74) is -3.98. The van der Waals surface area contributed by atoms with Crippen LogP contribution in [0.5, 0.6) is 0 Å². The molecule has 0 aliphatic heterocycles. The first-order chi connectivity index (χ1) is 69.9. The first kappa shape index (κ1) is 178. The summed E-state index contributed by atoms with van der Waals surface area (Å²) in [5.74, 6) is -0.247. The minimum absolute atomic E-state index is 0. The normalized spacial score (nSPS) is 11.6. The molecule has 0 aromatic carbocycles. The van der Waals surface area contributed by atoms with Crippen molar-refractivity contribution in [3.63, 3.8) is 0 Å². The van der Waals surface area contributed by atoms with Crippen molar-refractivity contribution in [1.29, 1.82) is 0 Å². The van der Waals surface area contributed by atoms with Crippen molar-refractivity contribution in [3.05, 3.63) is 0 Å². The van der Waals surface area contributed by atoms with Crippen molar-refractivity contribution in [2.24, 2.45) is 83.7 Å². The van der Waals surface area contributed by atoms with E-state index in [1.807, 2.05) is 48.5 Å². The molecule has 0 aliphatic carbocycles. The third-order valence-electron chi connectivity index (χ3n) is 26.0. The van der Waals surface area contributed by atoms with Gasteiger partial charge in [0.05, 0.1) is 139 Å². The quantitative estimate of drug-likeness (QED) is 0.0254. The van der Waals surface area contributed by atoms with E-state index in [1.165, 1.54) is 0 Å². The lowest BCUT2D eigenvalue weighted by Gasteiger charge is -2.30. The van der Waals surface area contributed by atoms with Crippen LogP contribution in [0.4, 0.5) is 0 Å². The van der Waals surface area contributed by atoms with Gasteiger partial charge < -0.3 is 230 Å². The topological polar surface area (TPSA) is 910 Å². The Morgan fingerprint density at radius 3 is 0.483 bits per heavy atom. The van der Waals surface area contributed by atoms with Gasteiger partial charge in [-0.05, 0) is 197 Å². The summed E-state index contributed by atoms with van der Waals surface area (Å²) in [6, 6.07) is 0. The van der Waals surface area contributed by atoms with Gasteiger partial charge in [-0.2, -0.15) is 0 Å². The van der Waals surface area contributed by atoms with Crippen molar-refractivity contribution in [2.45, 2.75) is 275 Å². The molecule has 45 heteroatoms. The Hall–Kier alpha value is -1.80. The monoisotopic (exact) mass is 2180 g/mol. The molecule has 0 saturated carbocycles. The zero-order valence-corrected chi connectivity index (χ0v) is 92.5. The smallest absolute Gasteiger partial charge is 0.0531 e. The number of aliphatic hydroxyl groups is 45. The van der Waals surface area contributed by atoms with Crippen molar-refractivity contribution < 1.29 is 230 Å². The van der Waals surface area contributed by atoms with Crippen LogP contribution in [0, 0.1) is 83.7 Å². The van der Waals surface area contributed by atoms with Crippen LogP contribution in [0.25, 0.3) is 0 Å². The average Bonchev–Trinajstić information content (AvgIpc) is 0.834. The molecule has 0 radical (unpaired) electrons. The Kier molecular flexibility index (Phi) is 159. The number of aliphatic hydroxyl groups excluding tert-OH is 45. The Morgan fingerprint density at radius 2 is 0.306 bits per heavy atom. The van der Waals surface area contributed by atoms with Crippen LogP contribution in [0.1, 0.15) is 275 Å². The zero-order chi connectivity index (χ0) is 117. The molecular formula is C102H234O45. The first-order valence-electron chi connectivity index (χ1n) is 52.3. The highest BCUT2D eigenvalue weighted by Gasteiger charge is 2.31. The molecule has 0 aromatic rings. The number of hydrogen-bond acceptors (Lipinski definition) is 45. The van der Waals surface area contributed by atoms with Crippen LogP contribution in [-0.4, -0.2) is 527 Å². The molecule has 0 aliphatic rings. The van der Waals surface area contributed by atoms with E-state index in [4.69, 9.17) is 230 Å². The second-order valence-electron chi connectivity index (χ2n) is 39.1. The van der Waals surface area contributed by atoms with E-state index in [2.05, 4.69) is 0 Å². The minimum Gasteiger partial charge on any atom is -0.396 e. The fraction of sp³-hybridized carbons (Fsp3) is 1.00. The molecule has 0 atom stereocenters. The Bertz CT molecular complexity index is 2160. The molecule has 0 fully saturated rings. The fourth-order valence-corrected chi connectivity index (χ4v) is 11.6. The van der Waals surface area contributed by atoms with E-state index in [-0.39, 0.29) is 354 Å². The Morgan fingerprint density at radius 1 is 0.122 bits per heavy atom. The summed E-state index contributed by atoms with van der Waals surface area (Å²) in [4.78, 5) is 0. The second kappa shape index (κ2) is 131. The van der Waals surface area contributed by atoms with E-state index in [0.717, 1.165) is 77.0 Å². The Labute approximate surface area is 881 Å². The molecule has 0 saturated heterocycles. The van der Waals surface area contributed by atoms with Gasteiger partial charge in [-0.15, -0.1) is 0 Å². The molecule has 0 spiro atoms. The van der Waals surface area contributed by atoms with Gasteiger partial charge >= 0.3 is 0 Å². The lowest BCUT2D eigenvalue weighted by molar-refractivity contribution is 0.00301. The summed E-state index contributed by atoms with van der Waals surface area (Å²) < 4.78 is 0. The highest BCUT2D eigenvalue weighted by Crippen LogP contribution is 2.35. The molecule has 45 nitrogen and oxygen atoms in total. The van der Waals surface area contributed by atoms with Gasteiger partial charge in [0.1, 0.15) is 0 Å². The van der Waals surface area contributed by atoms with Crippen molar-refractivity contribution >= 4 is 0 Å². The fourth-order valence-electron chi connectivity index (χ4n) is 11.6. The number of hydrogen-bond donors (Lipinski definition) is 45. The lowest BCUT2D eigenvalue weighted by atomic mass is 9.76. The summed E-state index contributed by atoms with van der Waals surface area (Å²) in [5, 5.41) is 387. The van der Waals surface area contributed by atoms with Gasteiger partial charge in [0.25, 0.3) is 0 Å². The van der Waals surface area contributed by atoms with Crippen LogP contribution in [0.2, 0.25) is 0 Å². The van der Waals surface area contributed by atoms with Crippen LogP contribution in [-0.2, 0) is 0 Å². The van der Waals surface area contributed by atoms with Crippen molar-refractivity contribution in [3.8, 4) is 0 Å². The predicted molar refractivity (Wildman–Crippen MR) is 565 cm³/mol. The molecule has 45 N–H and O–H groups in total. The first-order valence-corrected chi connectivity index (χ1v) is 52.3. The van der Waals surface area contributed by atoms with Crippen LogP contribution >= 0.6 is 0 Å². The van der Waals surface area contributed by atoms with Crippen molar-refractivity contribution in [2.75, 3.05) is 297 Å². The molecule has 0 rings (SSSR count). The van der Waals surface area contributed by atoms with Gasteiger partial charge in [-0.1, -0.05) is 94.9 Å². The summed E-state index contributed by atoms with van der Waals surface area (Å²) in [6.07, 6.45) is 22.3. The maximum atomic E-state index is 9.05. The second-order valence-corrected chi connectivity index (χ2v) is 39.1. The van der Waals surface area contributed by atoms with E-state index in [0.29, 0.717) is 128 Å². The van der Waals surface area contributed by atoms with Crippen LogP contribution < -0.4 is 0 Å². The highest BCUT2D eigenvalue weighted by atomic mass is 16.3. The SMILES string of the molecule is CC(CCO)(CCO)CCO.CC(CO)(CO)CCCCO.CC(CO)(CO)CCCO.CC(CO)(CO)CCO.CC(CO)(CO)CO.CCC(CCO)(CCO)CCO.CCC(CO)(CO)CCCCO.CCC(CO)(CO)CCCO.CCC(CO)(CO)CCO.CCC(CO)(CO)CO.OCC(CO)CO.OCCC(CCO)CCO.OCCC(CO)CO.OCCCC(CO)CO.OCCCCC(CO)CO. The Balaban J connectivity index is -0.0000000979. The molecule has 147 heavy (non-hydrogen) atoms. The molecule has 0 unspecified atom stereocenters. The number of unbranched alkanes of at least 4 members (excludes halogenated alkanes) is 3. The highest BCUT2D eigenvalue weighted by molar-refractivity contribution is 4.81. The summed E-state index contributed by atoms with van der Waals surface area (Å²) in [7, 11) is 0. The summed E-state index contributed by atoms with van der Waals surface area (Å²) in [6.45, 7) is 19.1. The van der Waals surface area contributed by atoms with E-state index in [9.17, 15) is 0 Å². The molecule has 0 aromatic heterocycles. The van der Waals surface area contributed by atoms with Gasteiger partial charge in [0.15, 0.2) is 0 Å². The van der Waals surface area contributed by atoms with Crippen LogP contribution in [0.15, 0.2) is 0 Å². The predicted octanol–water partition coefficient (Wildman–Crippen LogP) is -4.92. The van der Waals surface area contributed by atoms with Crippen molar-refractivity contribution in [1.82, 2.24) is 0 Å². The molecular weight excluding hydrogens is 1950 g/mol. The van der Waals surface area contributed by atoms with E-state index in [1.54, 1.807) is 20.8 Å². The molecule has 912 valence electrons. The van der Waals surface area contributed by atoms with E-state index >= 15 is 0 Å². The third kappa shape index (κ3) is 114. The third-order valence-corrected chi connectivity index (χ3v) is 26.0. The molecule has 0 bridgehead atoms.